The molecular weight excluding hydrogens is 488 g/mol. The fraction of sp³-hybridized carbons (Fsp3) is 0.120. The van der Waals surface area contributed by atoms with Crippen LogP contribution in [0.1, 0.15) is 21.7 Å². The number of amides is 3. The molecule has 5 rings (SSSR count). The molecular formula is C25H17N2O8S-. The molecule has 36 heavy (non-hydrogen) atoms. The molecule has 0 bridgehead atoms. The highest BCUT2D eigenvalue weighted by atomic mass is 32.2. The molecule has 2 aliphatic rings. The summed E-state index contributed by atoms with van der Waals surface area (Å²) < 4.78 is 16.3. The number of carbonyl (C=O) groups excluding carboxylic acids is 4. The van der Waals surface area contributed by atoms with Crippen molar-refractivity contribution in [3.8, 4) is 22.8 Å². The number of carbonyl (C=O) groups is 4. The molecule has 0 aliphatic carbocycles. The summed E-state index contributed by atoms with van der Waals surface area (Å²) in [4.78, 5) is 49.8. The van der Waals surface area contributed by atoms with E-state index in [2.05, 4.69) is 5.32 Å². The van der Waals surface area contributed by atoms with Crippen molar-refractivity contribution in [1.29, 1.82) is 0 Å². The first kappa shape index (κ1) is 23.2. The fourth-order valence-corrected chi connectivity index (χ4v) is 4.49. The van der Waals surface area contributed by atoms with Gasteiger partial charge in [0.25, 0.3) is 11.1 Å². The molecule has 0 spiro atoms. The molecule has 1 N–H and O–H groups in total. The summed E-state index contributed by atoms with van der Waals surface area (Å²) in [7, 11) is 0. The van der Waals surface area contributed by atoms with Gasteiger partial charge in [-0.2, -0.15) is 0 Å². The predicted octanol–water partition coefficient (Wildman–Crippen LogP) is 3.02. The van der Waals surface area contributed by atoms with Crippen LogP contribution in [0.5, 0.6) is 11.5 Å². The Morgan fingerprint density at radius 3 is 2.69 bits per heavy atom. The van der Waals surface area contributed by atoms with Crippen molar-refractivity contribution in [1.82, 2.24) is 4.90 Å². The number of ether oxygens (including phenoxy) is 2. The number of aryl methyl sites for hydroxylation is 1. The highest BCUT2D eigenvalue weighted by Gasteiger charge is 2.36. The number of hydrogen-bond donors (Lipinski definition) is 1. The number of benzene rings is 2. The van der Waals surface area contributed by atoms with Crippen LogP contribution in [0.15, 0.2) is 57.9 Å². The molecule has 0 saturated carbocycles. The number of thioether (sulfide) groups is 1. The summed E-state index contributed by atoms with van der Waals surface area (Å²) in [5, 5.41) is 13.2. The van der Waals surface area contributed by atoms with Gasteiger partial charge in [-0.05, 0) is 60.1 Å². The monoisotopic (exact) mass is 505 g/mol. The Morgan fingerprint density at radius 2 is 1.89 bits per heavy atom. The fourth-order valence-electron chi connectivity index (χ4n) is 3.67. The first-order valence-corrected chi connectivity index (χ1v) is 11.5. The maximum atomic E-state index is 12.8. The molecule has 2 aliphatic heterocycles. The number of furan rings is 1. The number of nitrogens with zero attached hydrogens (tertiary/aromatic N) is 1. The van der Waals surface area contributed by atoms with Crippen LogP contribution in [0.2, 0.25) is 0 Å². The highest BCUT2D eigenvalue weighted by Crippen LogP contribution is 2.35. The van der Waals surface area contributed by atoms with Gasteiger partial charge in [-0.3, -0.25) is 19.3 Å². The minimum Gasteiger partial charge on any atom is -0.545 e. The van der Waals surface area contributed by atoms with Gasteiger partial charge in [0.2, 0.25) is 12.7 Å². The molecule has 182 valence electrons. The molecule has 0 atom stereocenters. The summed E-state index contributed by atoms with van der Waals surface area (Å²) >= 11 is 0.692. The van der Waals surface area contributed by atoms with Crippen molar-refractivity contribution >= 4 is 46.5 Å². The van der Waals surface area contributed by atoms with Gasteiger partial charge >= 0.3 is 0 Å². The number of fused-ring (bicyclic) bond motifs is 1. The topological polar surface area (TPSA) is 138 Å². The second-order valence-corrected chi connectivity index (χ2v) is 8.90. The average Bonchev–Trinajstić information content (AvgIpc) is 3.56. The molecule has 10 nitrogen and oxygen atoms in total. The van der Waals surface area contributed by atoms with E-state index in [-0.39, 0.29) is 17.3 Å². The number of imide groups is 1. The van der Waals surface area contributed by atoms with Gasteiger partial charge in [0.15, 0.2) is 11.5 Å². The number of carboxylic acids is 1. The van der Waals surface area contributed by atoms with Gasteiger partial charge in [0.05, 0.1) is 10.9 Å². The summed E-state index contributed by atoms with van der Waals surface area (Å²) in [5.74, 6) is -0.755. The van der Waals surface area contributed by atoms with E-state index in [1.54, 1.807) is 43.3 Å². The zero-order chi connectivity index (χ0) is 25.4. The minimum atomic E-state index is -1.31. The quantitative estimate of drug-likeness (QED) is 0.501. The minimum absolute atomic E-state index is 0.00805. The van der Waals surface area contributed by atoms with E-state index in [4.69, 9.17) is 13.9 Å². The van der Waals surface area contributed by atoms with Crippen LogP contribution in [0.4, 0.5) is 10.5 Å². The Labute approximate surface area is 208 Å². The second kappa shape index (κ2) is 9.27. The van der Waals surface area contributed by atoms with Crippen LogP contribution in [0, 0.1) is 6.92 Å². The average molecular weight is 505 g/mol. The van der Waals surface area contributed by atoms with Crippen LogP contribution in [0.3, 0.4) is 0 Å². The van der Waals surface area contributed by atoms with Gasteiger partial charge in [0, 0.05) is 23.4 Å². The zero-order valence-electron chi connectivity index (χ0n) is 18.7. The standard InChI is InChI=1S/C25H18N2O8S/c1-13-2-3-14(24(30)31)8-17(13)18-7-5-16(35-18)10-21-23(29)27(25(32)36-21)11-22(28)26-15-4-6-19-20(9-15)34-12-33-19/h2-10H,11-12H2,1H3,(H,26,28)(H,30,31)/p-1/b21-10+. The lowest BCUT2D eigenvalue weighted by molar-refractivity contribution is -0.255. The van der Waals surface area contributed by atoms with Crippen LogP contribution >= 0.6 is 11.8 Å². The van der Waals surface area contributed by atoms with Crippen LogP contribution < -0.4 is 19.9 Å². The van der Waals surface area contributed by atoms with Crippen LogP contribution in [0.25, 0.3) is 17.4 Å². The van der Waals surface area contributed by atoms with Crippen LogP contribution in [-0.4, -0.2) is 41.3 Å². The lowest BCUT2D eigenvalue weighted by Gasteiger charge is -2.12. The van der Waals surface area contributed by atoms with Crippen molar-refractivity contribution < 1.29 is 38.2 Å². The number of anilines is 1. The second-order valence-electron chi connectivity index (χ2n) is 7.90. The van der Waals surface area contributed by atoms with Crippen molar-refractivity contribution in [2.24, 2.45) is 0 Å². The smallest absolute Gasteiger partial charge is 0.294 e. The molecule has 3 amide bonds. The molecule has 0 unspecified atom stereocenters. The largest absolute Gasteiger partial charge is 0.545 e. The third-order valence-electron chi connectivity index (χ3n) is 5.47. The first-order valence-electron chi connectivity index (χ1n) is 10.7. The van der Waals surface area contributed by atoms with Crippen molar-refractivity contribution in [2.75, 3.05) is 18.7 Å². The SMILES string of the molecule is Cc1ccc(C(=O)[O-])cc1-c1ccc(/C=C2/SC(=O)N(CC(=O)Nc3ccc4c(c3)OCO4)C2=O)o1. The number of hydrogen-bond acceptors (Lipinski definition) is 9. The summed E-state index contributed by atoms with van der Waals surface area (Å²) in [6, 6.07) is 12.6. The van der Waals surface area contributed by atoms with E-state index >= 15 is 0 Å². The number of nitrogens with one attached hydrogen (secondary N) is 1. The van der Waals surface area contributed by atoms with Gasteiger partial charge in [-0.25, -0.2) is 0 Å². The van der Waals surface area contributed by atoms with Crippen molar-refractivity contribution in [3.63, 3.8) is 0 Å². The van der Waals surface area contributed by atoms with E-state index < -0.39 is 29.6 Å². The molecule has 11 heteroatoms. The Balaban J connectivity index is 1.28. The van der Waals surface area contributed by atoms with Gasteiger partial charge in [-0.15, -0.1) is 0 Å². The summed E-state index contributed by atoms with van der Waals surface area (Å²) in [5.41, 5.74) is 1.79. The highest BCUT2D eigenvalue weighted by molar-refractivity contribution is 8.18. The third kappa shape index (κ3) is 4.56. The molecule has 3 heterocycles. The molecule has 1 fully saturated rings. The molecule has 0 radical (unpaired) electrons. The summed E-state index contributed by atoms with van der Waals surface area (Å²) in [6.45, 7) is 1.43. The van der Waals surface area contributed by atoms with Gasteiger partial charge in [0.1, 0.15) is 18.1 Å². The maximum Gasteiger partial charge on any atom is 0.294 e. The zero-order valence-corrected chi connectivity index (χ0v) is 19.5. The molecule has 2 aromatic carbocycles. The summed E-state index contributed by atoms with van der Waals surface area (Å²) in [6.07, 6.45) is 1.40. The predicted molar refractivity (Wildman–Crippen MR) is 127 cm³/mol. The van der Waals surface area contributed by atoms with E-state index in [9.17, 15) is 24.3 Å². The number of aromatic carboxylic acids is 1. The number of rotatable bonds is 6. The van der Waals surface area contributed by atoms with Crippen molar-refractivity contribution in [3.05, 3.63) is 70.3 Å². The van der Waals surface area contributed by atoms with E-state index in [1.807, 2.05) is 0 Å². The number of carboxylic acid groups (broad SMARTS) is 1. The Bertz CT molecular complexity index is 1460. The van der Waals surface area contributed by atoms with Gasteiger partial charge < -0.3 is 29.1 Å². The Morgan fingerprint density at radius 1 is 1.08 bits per heavy atom. The lowest BCUT2D eigenvalue weighted by Crippen LogP contribution is -2.36. The van der Waals surface area contributed by atoms with Gasteiger partial charge in [-0.1, -0.05) is 12.1 Å². The van der Waals surface area contributed by atoms with Crippen molar-refractivity contribution in [2.45, 2.75) is 6.92 Å². The third-order valence-corrected chi connectivity index (χ3v) is 6.38. The lowest BCUT2D eigenvalue weighted by atomic mass is 10.0. The van der Waals surface area contributed by atoms with E-state index in [1.165, 1.54) is 18.2 Å². The van der Waals surface area contributed by atoms with E-state index in [0.29, 0.717) is 46.0 Å². The van der Waals surface area contributed by atoms with E-state index in [0.717, 1.165) is 10.5 Å². The maximum absolute atomic E-state index is 12.8. The Kier molecular flexibility index (Phi) is 5.98. The molecule has 1 saturated heterocycles. The van der Waals surface area contributed by atoms with Crippen LogP contribution in [-0.2, 0) is 9.59 Å². The molecule has 1 aromatic heterocycles. The first-order chi connectivity index (χ1) is 17.3. The normalized spacial score (nSPS) is 15.6. The molecule has 3 aromatic rings. The Hall–Kier alpha value is -4.51.